The summed E-state index contributed by atoms with van der Waals surface area (Å²) in [5.74, 6) is -10.2. The van der Waals surface area contributed by atoms with E-state index in [0.717, 1.165) is 13.1 Å². The molecule has 1 aromatic carbocycles. The number of primary amides is 1. The van der Waals surface area contributed by atoms with Gasteiger partial charge in [0.25, 0.3) is 0 Å². The van der Waals surface area contributed by atoms with E-state index in [1.807, 2.05) is 6.92 Å². The van der Waals surface area contributed by atoms with Crippen molar-refractivity contribution in [3.63, 3.8) is 0 Å². The average Bonchev–Trinajstić information content (AvgIpc) is 2.84. The number of phenolic OH excluding ortho intramolecular Hbond substituents is 1. The molecule has 0 bridgehead atoms. The molecule has 0 aromatic heterocycles. The summed E-state index contributed by atoms with van der Waals surface area (Å²) < 4.78 is 5.80. The van der Waals surface area contributed by atoms with Crippen LogP contribution in [0.25, 0.3) is 0 Å². The molecule has 0 saturated heterocycles. The molecule has 2 saturated carbocycles. The fourth-order valence-corrected chi connectivity index (χ4v) is 7.28. The van der Waals surface area contributed by atoms with Gasteiger partial charge < -0.3 is 20.7 Å². The van der Waals surface area contributed by atoms with Gasteiger partial charge in [-0.3, -0.25) is 33.8 Å². The first-order chi connectivity index (χ1) is 19.0. The van der Waals surface area contributed by atoms with Crippen molar-refractivity contribution >= 4 is 29.0 Å². The number of ether oxygens (including phenoxy) is 1. The lowest BCUT2D eigenvalue weighted by molar-refractivity contribution is -0.181. The third kappa shape index (κ3) is 4.87. The predicted molar refractivity (Wildman–Crippen MR) is 148 cm³/mol. The van der Waals surface area contributed by atoms with Crippen LogP contribution in [0.5, 0.6) is 11.5 Å². The van der Waals surface area contributed by atoms with Crippen LogP contribution in [0.2, 0.25) is 0 Å². The first-order valence-corrected chi connectivity index (χ1v) is 14.0. The second-order valence-electron chi connectivity index (χ2n) is 13.1. The number of ketones is 4. The van der Waals surface area contributed by atoms with E-state index in [1.165, 1.54) is 18.1 Å². The van der Waals surface area contributed by atoms with E-state index in [0.29, 0.717) is 23.4 Å². The van der Waals surface area contributed by atoms with Crippen molar-refractivity contribution in [2.75, 3.05) is 34.3 Å². The maximum atomic E-state index is 13.9. The Balaban J connectivity index is 1.81. The first-order valence-electron chi connectivity index (χ1n) is 14.0. The monoisotopic (exact) mass is 571 g/mol. The van der Waals surface area contributed by atoms with Gasteiger partial charge in [-0.25, -0.2) is 0 Å². The molecule has 11 heteroatoms. The number of hydrogen-bond donors (Lipinski definition) is 3. The number of fused-ring (bicyclic) bond motifs is 3. The third-order valence-electron chi connectivity index (χ3n) is 8.83. The van der Waals surface area contributed by atoms with Crippen molar-refractivity contribution in [3.8, 4) is 11.5 Å². The SMILES string of the molecule is CCN(Cc1cc(O)c2c(c1OC)C[C@H]1C[C@H]3[C@H](N(C)C)C(=O)C(C(N)=O)C(=O)[C@@]3(O)C(=O)C1C2=O)CC(C)(C)C. The largest absolute Gasteiger partial charge is 0.507 e. The Kier molecular flexibility index (Phi) is 7.96. The van der Waals surface area contributed by atoms with Gasteiger partial charge in [-0.1, -0.05) is 27.7 Å². The van der Waals surface area contributed by atoms with Gasteiger partial charge in [0.05, 0.1) is 24.6 Å². The molecule has 4 rings (SSSR count). The number of methoxy groups -OCH3 is 1. The van der Waals surface area contributed by atoms with Gasteiger partial charge >= 0.3 is 0 Å². The molecule has 0 aliphatic heterocycles. The maximum Gasteiger partial charge on any atom is 0.235 e. The third-order valence-corrected chi connectivity index (χ3v) is 8.83. The Morgan fingerprint density at radius 1 is 1.17 bits per heavy atom. The Hall–Kier alpha value is -3.15. The van der Waals surface area contributed by atoms with Gasteiger partial charge in [-0.05, 0) is 50.9 Å². The zero-order valence-corrected chi connectivity index (χ0v) is 24.8. The lowest BCUT2D eigenvalue weighted by atomic mass is 9.52. The number of nitrogens with zero attached hydrogens (tertiary/aromatic N) is 2. The summed E-state index contributed by atoms with van der Waals surface area (Å²) in [4.78, 5) is 70.3. The van der Waals surface area contributed by atoms with Crippen LogP contribution < -0.4 is 10.5 Å². The smallest absolute Gasteiger partial charge is 0.235 e. The molecular formula is C30H41N3O8. The zero-order chi connectivity index (χ0) is 30.8. The van der Waals surface area contributed by atoms with E-state index in [-0.39, 0.29) is 29.6 Å². The number of nitrogens with two attached hydrogens (primary N) is 1. The number of rotatable bonds is 7. The van der Waals surface area contributed by atoms with Crippen LogP contribution in [0.3, 0.4) is 0 Å². The van der Waals surface area contributed by atoms with Crippen molar-refractivity contribution in [2.45, 2.75) is 58.7 Å². The van der Waals surface area contributed by atoms with Gasteiger partial charge in [-0.2, -0.15) is 0 Å². The highest BCUT2D eigenvalue weighted by atomic mass is 16.5. The average molecular weight is 572 g/mol. The second-order valence-corrected chi connectivity index (χ2v) is 13.1. The molecule has 1 amide bonds. The van der Waals surface area contributed by atoms with Crippen LogP contribution >= 0.6 is 0 Å². The van der Waals surface area contributed by atoms with E-state index in [1.54, 1.807) is 14.1 Å². The summed E-state index contributed by atoms with van der Waals surface area (Å²) in [5.41, 5.74) is 3.72. The van der Waals surface area contributed by atoms with Gasteiger partial charge in [0.1, 0.15) is 11.5 Å². The number of phenols is 1. The summed E-state index contributed by atoms with van der Waals surface area (Å²) in [5, 5.41) is 22.8. The molecule has 224 valence electrons. The standard InChI is InChI=1S/C30H41N3O8/c1-8-33(13-29(2,3)4)12-15-11-18(34)20-16(25(15)41-7)9-14-10-17-22(32(5)6)24(36)21(28(31)39)27(38)30(17,40)26(37)19(14)23(20)35/h11,14,17,19,21-22,34,40H,8-10,12-13H2,1-7H3,(H2,31,39)/t14-,17-,19?,21?,22-,30-/m0/s1. The molecule has 41 heavy (non-hydrogen) atoms. The van der Waals surface area contributed by atoms with Crippen LogP contribution in [-0.2, 0) is 32.1 Å². The lowest BCUT2D eigenvalue weighted by Crippen LogP contribution is -2.74. The van der Waals surface area contributed by atoms with E-state index in [9.17, 15) is 34.2 Å². The Labute approximate surface area is 240 Å². The number of Topliss-reactive ketones (excluding diaryl/α,β-unsaturated/α-hetero) is 4. The van der Waals surface area contributed by atoms with Gasteiger partial charge in [0.2, 0.25) is 5.91 Å². The first kappa shape index (κ1) is 30.8. The predicted octanol–water partition coefficient (Wildman–Crippen LogP) is 0.744. The number of benzene rings is 1. The van der Waals surface area contributed by atoms with Gasteiger partial charge in [0, 0.05) is 30.1 Å². The number of aliphatic hydroxyl groups is 1. The van der Waals surface area contributed by atoms with Crippen LogP contribution in [0.1, 0.15) is 55.6 Å². The van der Waals surface area contributed by atoms with Crippen molar-refractivity contribution in [1.82, 2.24) is 9.80 Å². The zero-order valence-electron chi connectivity index (χ0n) is 24.8. The lowest BCUT2D eigenvalue weighted by Gasteiger charge is -2.52. The highest BCUT2D eigenvalue weighted by Gasteiger charge is 2.69. The quantitative estimate of drug-likeness (QED) is 0.397. The summed E-state index contributed by atoms with van der Waals surface area (Å²) in [7, 11) is 4.60. The minimum atomic E-state index is -2.74. The number of hydrogen-bond acceptors (Lipinski definition) is 10. The second kappa shape index (κ2) is 10.6. The van der Waals surface area contributed by atoms with Crippen molar-refractivity contribution in [2.24, 2.45) is 34.8 Å². The summed E-state index contributed by atoms with van der Waals surface area (Å²) in [6, 6.07) is 0.329. The minimum Gasteiger partial charge on any atom is -0.507 e. The topological polar surface area (TPSA) is 168 Å². The molecule has 2 unspecified atom stereocenters. The van der Waals surface area contributed by atoms with Gasteiger partial charge in [-0.15, -0.1) is 0 Å². The normalized spacial score (nSPS) is 29.9. The maximum absolute atomic E-state index is 13.9. The number of carbonyl (C=O) groups is 5. The van der Waals surface area contributed by atoms with Crippen LogP contribution in [0.15, 0.2) is 6.07 Å². The van der Waals surface area contributed by atoms with Gasteiger partial charge in [0.15, 0.2) is 34.7 Å². The number of aromatic hydroxyl groups is 1. The van der Waals surface area contributed by atoms with Crippen molar-refractivity contribution in [3.05, 3.63) is 22.8 Å². The minimum absolute atomic E-state index is 0.0108. The molecule has 4 N–H and O–H groups in total. The Morgan fingerprint density at radius 2 is 1.80 bits per heavy atom. The fraction of sp³-hybridized carbons (Fsp3) is 0.633. The summed E-state index contributed by atoms with van der Waals surface area (Å²) >= 11 is 0. The molecule has 0 spiro atoms. The van der Waals surface area contributed by atoms with Crippen LogP contribution in [0, 0.1) is 29.1 Å². The molecule has 11 nitrogen and oxygen atoms in total. The number of likely N-dealkylation sites (N-methyl/N-ethyl adjacent to an activating group) is 1. The van der Waals surface area contributed by atoms with E-state index in [2.05, 4.69) is 25.7 Å². The molecule has 3 aliphatic carbocycles. The molecule has 0 heterocycles. The molecule has 3 aliphatic rings. The van der Waals surface area contributed by atoms with E-state index < -0.39 is 64.4 Å². The van der Waals surface area contributed by atoms with Crippen molar-refractivity contribution in [1.29, 1.82) is 0 Å². The van der Waals surface area contributed by atoms with E-state index >= 15 is 0 Å². The molecule has 6 atom stereocenters. The Morgan fingerprint density at radius 3 is 2.32 bits per heavy atom. The Bertz CT molecular complexity index is 1320. The molecule has 2 fully saturated rings. The fourth-order valence-electron chi connectivity index (χ4n) is 7.28. The van der Waals surface area contributed by atoms with Crippen molar-refractivity contribution < 1.29 is 38.9 Å². The van der Waals surface area contributed by atoms with E-state index in [4.69, 9.17) is 10.5 Å². The number of carbonyl (C=O) groups excluding carboxylic acids is 5. The molecule has 1 aromatic rings. The summed E-state index contributed by atoms with van der Waals surface area (Å²) in [6.07, 6.45) is 0.144. The highest BCUT2D eigenvalue weighted by Crippen LogP contribution is 2.52. The number of amides is 1. The highest BCUT2D eigenvalue weighted by molar-refractivity contribution is 6.32. The molecular weight excluding hydrogens is 530 g/mol. The summed E-state index contributed by atoms with van der Waals surface area (Å²) in [6.45, 7) is 10.4. The van der Waals surface area contributed by atoms with Crippen LogP contribution in [0.4, 0.5) is 0 Å². The molecule has 0 radical (unpaired) electrons. The van der Waals surface area contributed by atoms with Crippen LogP contribution in [-0.4, -0.2) is 95.0 Å².